The summed E-state index contributed by atoms with van der Waals surface area (Å²) in [5.74, 6) is 0.429. The minimum absolute atomic E-state index is 0.166. The minimum atomic E-state index is -0.985. The first-order chi connectivity index (χ1) is 10.1. The van der Waals surface area contributed by atoms with Crippen molar-refractivity contribution >= 4 is 22.8 Å². The fourth-order valence-electron chi connectivity index (χ4n) is 2.06. The second kappa shape index (κ2) is 5.24. The highest BCUT2D eigenvalue weighted by atomic mass is 16.4. The van der Waals surface area contributed by atoms with Crippen LogP contribution in [0.15, 0.2) is 36.5 Å². The van der Waals surface area contributed by atoms with Gasteiger partial charge in [-0.15, -0.1) is 0 Å². The molecule has 21 heavy (non-hydrogen) atoms. The number of rotatable bonds is 4. The maximum atomic E-state index is 10.7. The predicted octanol–water partition coefficient (Wildman–Crippen LogP) is 2.58. The van der Waals surface area contributed by atoms with Crippen molar-refractivity contribution in [1.29, 1.82) is 0 Å². The Morgan fingerprint density at radius 2 is 2.19 bits per heavy atom. The fraction of sp³-hybridized carbons (Fsp3) is 0.133. The number of fused-ring (bicyclic) bond motifs is 1. The van der Waals surface area contributed by atoms with E-state index in [2.05, 4.69) is 20.3 Å². The van der Waals surface area contributed by atoms with Gasteiger partial charge in [-0.05, 0) is 36.8 Å². The molecule has 0 atom stereocenters. The number of imidazole rings is 1. The zero-order chi connectivity index (χ0) is 14.8. The lowest BCUT2D eigenvalue weighted by Crippen LogP contribution is -2.04. The molecule has 3 rings (SSSR count). The van der Waals surface area contributed by atoms with Crippen molar-refractivity contribution in [3.05, 3.63) is 53.5 Å². The van der Waals surface area contributed by atoms with Crippen LogP contribution in [0.1, 0.15) is 21.7 Å². The van der Waals surface area contributed by atoms with E-state index in [0.29, 0.717) is 12.4 Å². The van der Waals surface area contributed by atoms with Crippen LogP contribution in [0.25, 0.3) is 11.0 Å². The lowest BCUT2D eigenvalue weighted by atomic mass is 10.2. The number of nitrogens with one attached hydrogen (secondary N) is 2. The largest absolute Gasteiger partial charge is 0.478 e. The predicted molar refractivity (Wildman–Crippen MR) is 79.4 cm³/mol. The van der Waals surface area contributed by atoms with Crippen molar-refractivity contribution in [2.24, 2.45) is 0 Å². The third kappa shape index (κ3) is 2.84. The van der Waals surface area contributed by atoms with E-state index in [4.69, 9.17) is 5.11 Å². The summed E-state index contributed by atoms with van der Waals surface area (Å²) < 4.78 is 0. The number of nitrogens with zero attached hydrogens (tertiary/aromatic N) is 2. The van der Waals surface area contributed by atoms with Gasteiger partial charge in [-0.25, -0.2) is 14.8 Å². The molecule has 0 aliphatic rings. The van der Waals surface area contributed by atoms with Crippen LogP contribution < -0.4 is 5.32 Å². The molecule has 0 spiro atoms. The van der Waals surface area contributed by atoms with E-state index in [1.165, 1.54) is 17.8 Å². The van der Waals surface area contributed by atoms with E-state index >= 15 is 0 Å². The number of carboxylic acids is 1. The molecule has 0 aliphatic heterocycles. The lowest BCUT2D eigenvalue weighted by Gasteiger charge is -2.03. The maximum absolute atomic E-state index is 10.7. The van der Waals surface area contributed by atoms with Gasteiger partial charge in [0.05, 0.1) is 23.1 Å². The van der Waals surface area contributed by atoms with Crippen LogP contribution >= 0.6 is 0 Å². The molecule has 2 aromatic heterocycles. The maximum Gasteiger partial charge on any atom is 0.337 e. The van der Waals surface area contributed by atoms with Crippen LogP contribution in [-0.4, -0.2) is 26.0 Å². The Hall–Kier alpha value is -2.89. The molecular weight excluding hydrogens is 268 g/mol. The van der Waals surface area contributed by atoms with Crippen LogP contribution in [0.3, 0.4) is 0 Å². The van der Waals surface area contributed by atoms with E-state index in [-0.39, 0.29) is 5.56 Å². The summed E-state index contributed by atoms with van der Waals surface area (Å²) in [7, 11) is 0. The molecule has 0 saturated heterocycles. The van der Waals surface area contributed by atoms with Crippen molar-refractivity contribution in [3.63, 3.8) is 0 Å². The highest BCUT2D eigenvalue weighted by Crippen LogP contribution is 2.14. The van der Waals surface area contributed by atoms with Crippen molar-refractivity contribution in [2.75, 3.05) is 5.32 Å². The Labute approximate surface area is 120 Å². The Morgan fingerprint density at radius 1 is 1.33 bits per heavy atom. The molecule has 0 radical (unpaired) electrons. The first-order valence-corrected chi connectivity index (χ1v) is 6.50. The van der Waals surface area contributed by atoms with Gasteiger partial charge in [0.25, 0.3) is 0 Å². The summed E-state index contributed by atoms with van der Waals surface area (Å²) in [6.07, 6.45) is 1.33. The number of carbonyl (C=O) groups is 1. The van der Waals surface area contributed by atoms with Gasteiger partial charge >= 0.3 is 5.97 Å². The number of hydrogen-bond acceptors (Lipinski definition) is 4. The van der Waals surface area contributed by atoms with Gasteiger partial charge in [-0.2, -0.15) is 0 Å². The molecule has 0 aliphatic carbocycles. The molecule has 1 aromatic carbocycles. The van der Waals surface area contributed by atoms with Gasteiger partial charge in [0.2, 0.25) is 0 Å². The summed E-state index contributed by atoms with van der Waals surface area (Å²) in [6, 6.07) is 9.19. The molecule has 6 heteroatoms. The van der Waals surface area contributed by atoms with Gasteiger partial charge in [0, 0.05) is 6.20 Å². The van der Waals surface area contributed by atoms with Gasteiger partial charge in [0.15, 0.2) is 0 Å². The van der Waals surface area contributed by atoms with Crippen LogP contribution in [-0.2, 0) is 6.54 Å². The van der Waals surface area contributed by atoms with Gasteiger partial charge in [-0.1, -0.05) is 6.07 Å². The van der Waals surface area contributed by atoms with Gasteiger partial charge < -0.3 is 15.4 Å². The zero-order valence-corrected chi connectivity index (χ0v) is 11.4. The molecule has 0 unspecified atom stereocenters. The van der Waals surface area contributed by atoms with Crippen molar-refractivity contribution in [3.8, 4) is 0 Å². The zero-order valence-electron chi connectivity index (χ0n) is 11.4. The molecule has 0 fully saturated rings. The summed E-state index contributed by atoms with van der Waals surface area (Å²) >= 11 is 0. The third-order valence-corrected chi connectivity index (χ3v) is 3.13. The average molecular weight is 282 g/mol. The van der Waals surface area contributed by atoms with Crippen molar-refractivity contribution in [1.82, 2.24) is 15.0 Å². The summed E-state index contributed by atoms with van der Waals surface area (Å²) in [5, 5.41) is 11.9. The average Bonchev–Trinajstić information content (AvgIpc) is 2.87. The quantitative estimate of drug-likeness (QED) is 0.684. The van der Waals surface area contributed by atoms with E-state index in [9.17, 15) is 4.79 Å². The second-order valence-corrected chi connectivity index (χ2v) is 4.79. The first kappa shape index (κ1) is 13.1. The molecule has 0 bridgehead atoms. The van der Waals surface area contributed by atoms with Crippen LogP contribution in [0.5, 0.6) is 0 Å². The molecule has 3 N–H and O–H groups in total. The lowest BCUT2D eigenvalue weighted by molar-refractivity contribution is 0.0696. The number of aromatic nitrogens is 3. The minimum Gasteiger partial charge on any atom is -0.478 e. The van der Waals surface area contributed by atoms with Crippen molar-refractivity contribution < 1.29 is 9.90 Å². The Balaban J connectivity index is 1.72. The summed E-state index contributed by atoms with van der Waals surface area (Å²) in [6.45, 7) is 2.53. The molecule has 2 heterocycles. The SMILES string of the molecule is Cc1ccc2nc(CNc3ccc(C(=O)O)cn3)[nH]c2c1. The van der Waals surface area contributed by atoms with E-state index in [0.717, 1.165) is 16.9 Å². The van der Waals surface area contributed by atoms with E-state index in [1.54, 1.807) is 6.07 Å². The Morgan fingerprint density at radius 3 is 2.90 bits per heavy atom. The number of aryl methyl sites for hydroxylation is 1. The van der Waals surface area contributed by atoms with Crippen LogP contribution in [0.2, 0.25) is 0 Å². The number of anilines is 1. The number of aromatic carboxylic acids is 1. The van der Waals surface area contributed by atoms with Gasteiger partial charge in [0.1, 0.15) is 11.6 Å². The van der Waals surface area contributed by atoms with Gasteiger partial charge in [-0.3, -0.25) is 0 Å². The van der Waals surface area contributed by atoms with Crippen molar-refractivity contribution in [2.45, 2.75) is 13.5 Å². The van der Waals surface area contributed by atoms with Crippen LogP contribution in [0.4, 0.5) is 5.82 Å². The molecule has 0 amide bonds. The highest BCUT2D eigenvalue weighted by molar-refractivity contribution is 5.87. The summed E-state index contributed by atoms with van der Waals surface area (Å²) in [4.78, 5) is 22.5. The Bertz CT molecular complexity index is 793. The molecule has 3 aromatic rings. The number of benzene rings is 1. The van der Waals surface area contributed by atoms with Crippen LogP contribution in [0, 0.1) is 6.92 Å². The normalized spacial score (nSPS) is 10.7. The van der Waals surface area contributed by atoms with E-state index < -0.39 is 5.97 Å². The molecule has 0 saturated carbocycles. The highest BCUT2D eigenvalue weighted by Gasteiger charge is 2.05. The smallest absolute Gasteiger partial charge is 0.337 e. The molecular formula is C15H14N4O2. The topological polar surface area (TPSA) is 90.9 Å². The number of pyridine rings is 1. The number of hydrogen-bond donors (Lipinski definition) is 3. The number of carboxylic acid groups (broad SMARTS) is 1. The third-order valence-electron chi connectivity index (χ3n) is 3.13. The molecule has 106 valence electrons. The Kier molecular flexibility index (Phi) is 3.27. The molecule has 6 nitrogen and oxygen atoms in total. The number of aromatic amines is 1. The van der Waals surface area contributed by atoms with E-state index in [1.807, 2.05) is 25.1 Å². The monoisotopic (exact) mass is 282 g/mol. The standard InChI is InChI=1S/C15H14N4O2/c1-9-2-4-11-12(6-9)19-14(18-11)8-17-13-5-3-10(7-16-13)15(20)21/h2-7H,8H2,1H3,(H,16,17)(H,18,19)(H,20,21). The fourth-order valence-corrected chi connectivity index (χ4v) is 2.06. The first-order valence-electron chi connectivity index (χ1n) is 6.50. The second-order valence-electron chi connectivity index (χ2n) is 4.79. The summed E-state index contributed by atoms with van der Waals surface area (Å²) in [5.41, 5.74) is 3.27. The number of H-pyrrole nitrogens is 1.